The second kappa shape index (κ2) is 6.06. The van der Waals surface area contributed by atoms with Crippen LogP contribution in [0.5, 0.6) is 0 Å². The summed E-state index contributed by atoms with van der Waals surface area (Å²) in [6.07, 6.45) is 3.48. The molecule has 0 saturated carbocycles. The van der Waals surface area contributed by atoms with E-state index in [1.165, 1.54) is 37.1 Å². The first-order chi connectivity index (χ1) is 9.11. The van der Waals surface area contributed by atoms with Crippen LogP contribution < -0.4 is 5.73 Å². The molecule has 0 amide bonds. The fourth-order valence-corrected chi connectivity index (χ4v) is 3.17. The highest BCUT2D eigenvalue weighted by Crippen LogP contribution is 2.35. The molecule has 0 unspecified atom stereocenters. The van der Waals surface area contributed by atoms with E-state index in [1.54, 1.807) is 0 Å². The van der Waals surface area contributed by atoms with Crippen molar-refractivity contribution in [2.45, 2.75) is 51.5 Å². The van der Waals surface area contributed by atoms with E-state index in [4.69, 9.17) is 5.73 Å². The van der Waals surface area contributed by atoms with Crippen molar-refractivity contribution in [2.24, 2.45) is 5.73 Å². The van der Waals surface area contributed by atoms with Crippen LogP contribution in [0.25, 0.3) is 0 Å². The first-order valence-electron chi connectivity index (χ1n) is 7.65. The Balaban J connectivity index is 2.15. The van der Waals surface area contributed by atoms with Crippen LogP contribution in [-0.2, 0) is 11.8 Å². The third kappa shape index (κ3) is 3.01. The highest BCUT2D eigenvalue weighted by molar-refractivity contribution is 5.30. The average molecular weight is 260 g/mol. The zero-order valence-electron chi connectivity index (χ0n) is 12.7. The van der Waals surface area contributed by atoms with Gasteiger partial charge in [0.2, 0.25) is 0 Å². The number of hydrogen-bond acceptors (Lipinski definition) is 2. The van der Waals surface area contributed by atoms with E-state index in [0.717, 1.165) is 13.0 Å². The Morgan fingerprint density at radius 1 is 1.16 bits per heavy atom. The molecule has 106 valence electrons. The van der Waals surface area contributed by atoms with Gasteiger partial charge in [-0.05, 0) is 57.3 Å². The van der Waals surface area contributed by atoms with E-state index in [9.17, 15) is 0 Å². The van der Waals surface area contributed by atoms with Gasteiger partial charge in [-0.15, -0.1) is 0 Å². The van der Waals surface area contributed by atoms with Gasteiger partial charge in [0, 0.05) is 18.0 Å². The number of nitrogens with two attached hydrogens (primary N) is 1. The molecule has 2 rings (SSSR count). The molecule has 0 aliphatic carbocycles. The maximum atomic E-state index is 6.14. The van der Waals surface area contributed by atoms with Crippen LogP contribution in [0.4, 0.5) is 0 Å². The quantitative estimate of drug-likeness (QED) is 0.902. The van der Waals surface area contributed by atoms with Crippen LogP contribution in [0, 0.1) is 0 Å². The van der Waals surface area contributed by atoms with Gasteiger partial charge in [-0.3, -0.25) is 0 Å². The number of benzene rings is 1. The minimum Gasteiger partial charge on any atom is -0.330 e. The molecule has 1 heterocycles. The third-order valence-corrected chi connectivity index (χ3v) is 4.85. The number of piperidine rings is 1. The summed E-state index contributed by atoms with van der Waals surface area (Å²) in [6.45, 7) is 9.88. The Labute approximate surface area is 118 Å². The van der Waals surface area contributed by atoms with Gasteiger partial charge in [0.15, 0.2) is 0 Å². The summed E-state index contributed by atoms with van der Waals surface area (Å²) in [7, 11) is 0. The minimum absolute atomic E-state index is 0.206. The molecule has 0 aromatic heterocycles. The van der Waals surface area contributed by atoms with Crippen molar-refractivity contribution >= 4 is 0 Å². The predicted molar refractivity (Wildman–Crippen MR) is 82.5 cm³/mol. The molecular formula is C17H28N2. The van der Waals surface area contributed by atoms with Gasteiger partial charge in [0.1, 0.15) is 0 Å². The van der Waals surface area contributed by atoms with Gasteiger partial charge in [-0.2, -0.15) is 0 Å². The summed E-state index contributed by atoms with van der Waals surface area (Å²) < 4.78 is 0. The van der Waals surface area contributed by atoms with Crippen LogP contribution in [0.15, 0.2) is 24.3 Å². The van der Waals surface area contributed by atoms with Crippen molar-refractivity contribution in [3.05, 3.63) is 35.4 Å². The molecule has 0 atom stereocenters. The summed E-state index contributed by atoms with van der Waals surface area (Å²) in [5.74, 6) is 0. The molecule has 1 aliphatic heterocycles. The van der Waals surface area contributed by atoms with Gasteiger partial charge < -0.3 is 10.6 Å². The number of aryl methyl sites for hydroxylation is 1. The van der Waals surface area contributed by atoms with E-state index in [2.05, 4.69) is 49.9 Å². The van der Waals surface area contributed by atoms with Crippen molar-refractivity contribution in [1.82, 2.24) is 4.90 Å². The zero-order chi connectivity index (χ0) is 13.9. The van der Waals surface area contributed by atoms with Crippen LogP contribution in [0.2, 0.25) is 0 Å². The van der Waals surface area contributed by atoms with Gasteiger partial charge in [0.25, 0.3) is 0 Å². The fourth-order valence-electron chi connectivity index (χ4n) is 3.17. The molecule has 19 heavy (non-hydrogen) atoms. The third-order valence-electron chi connectivity index (χ3n) is 4.85. The Morgan fingerprint density at radius 2 is 1.74 bits per heavy atom. The van der Waals surface area contributed by atoms with Crippen molar-refractivity contribution in [2.75, 3.05) is 19.6 Å². The van der Waals surface area contributed by atoms with Gasteiger partial charge in [-0.1, -0.05) is 31.2 Å². The van der Waals surface area contributed by atoms with Crippen molar-refractivity contribution in [1.29, 1.82) is 0 Å². The molecule has 1 saturated heterocycles. The predicted octanol–water partition coefficient (Wildman–Crippen LogP) is 2.95. The van der Waals surface area contributed by atoms with Crippen molar-refractivity contribution in [3.8, 4) is 0 Å². The lowest BCUT2D eigenvalue weighted by Crippen LogP contribution is -2.48. The Bertz CT molecular complexity index is 386. The minimum atomic E-state index is 0.206. The summed E-state index contributed by atoms with van der Waals surface area (Å²) in [4.78, 5) is 2.56. The number of hydrogen-bond donors (Lipinski definition) is 1. The zero-order valence-corrected chi connectivity index (χ0v) is 12.7. The molecular weight excluding hydrogens is 232 g/mol. The molecule has 2 nitrogen and oxygen atoms in total. The molecule has 1 fully saturated rings. The lowest BCUT2D eigenvalue weighted by atomic mass is 9.72. The van der Waals surface area contributed by atoms with Crippen LogP contribution in [-0.4, -0.2) is 30.6 Å². The summed E-state index contributed by atoms with van der Waals surface area (Å²) in [6, 6.07) is 9.79. The summed E-state index contributed by atoms with van der Waals surface area (Å²) >= 11 is 0. The van der Waals surface area contributed by atoms with Crippen molar-refractivity contribution < 1.29 is 0 Å². The molecule has 2 N–H and O–H groups in total. The van der Waals surface area contributed by atoms with E-state index in [-0.39, 0.29) is 5.41 Å². The summed E-state index contributed by atoms with van der Waals surface area (Å²) in [5, 5.41) is 0. The molecule has 0 bridgehead atoms. The van der Waals surface area contributed by atoms with Gasteiger partial charge in [0.05, 0.1) is 0 Å². The second-order valence-corrected chi connectivity index (χ2v) is 6.16. The van der Waals surface area contributed by atoms with E-state index in [1.807, 2.05) is 0 Å². The number of likely N-dealkylation sites (tertiary alicyclic amines) is 1. The molecule has 1 aromatic carbocycles. The van der Waals surface area contributed by atoms with E-state index in [0.29, 0.717) is 6.04 Å². The van der Waals surface area contributed by atoms with Crippen LogP contribution in [0.1, 0.15) is 44.7 Å². The largest absolute Gasteiger partial charge is 0.330 e. The SMILES string of the molecule is CCc1ccc(C2(CN)CCN(C(C)C)CC2)cc1. The number of rotatable bonds is 4. The Hall–Kier alpha value is -0.860. The van der Waals surface area contributed by atoms with Gasteiger partial charge in [-0.25, -0.2) is 0 Å². The standard InChI is InChI=1S/C17H28N2/c1-4-15-5-7-16(8-6-15)17(13-18)9-11-19(12-10-17)14(2)3/h5-8,14H,4,9-13,18H2,1-3H3. The normalized spacial score (nSPS) is 19.8. The highest BCUT2D eigenvalue weighted by Gasteiger charge is 2.35. The molecule has 0 radical (unpaired) electrons. The first-order valence-corrected chi connectivity index (χ1v) is 7.65. The Morgan fingerprint density at radius 3 is 2.16 bits per heavy atom. The topological polar surface area (TPSA) is 29.3 Å². The van der Waals surface area contributed by atoms with Crippen molar-refractivity contribution in [3.63, 3.8) is 0 Å². The maximum Gasteiger partial charge on any atom is 0.00998 e. The molecule has 2 heteroatoms. The average Bonchev–Trinajstić information content (AvgIpc) is 2.47. The smallest absolute Gasteiger partial charge is 0.00998 e. The molecule has 0 spiro atoms. The maximum absolute atomic E-state index is 6.14. The summed E-state index contributed by atoms with van der Waals surface area (Å²) in [5.41, 5.74) is 9.20. The Kier molecular flexibility index (Phi) is 4.64. The molecule has 1 aromatic rings. The monoisotopic (exact) mass is 260 g/mol. The highest BCUT2D eigenvalue weighted by atomic mass is 15.2. The van der Waals surface area contributed by atoms with E-state index < -0.39 is 0 Å². The lowest BCUT2D eigenvalue weighted by Gasteiger charge is -2.43. The number of nitrogens with zero attached hydrogens (tertiary/aromatic N) is 1. The van der Waals surface area contributed by atoms with E-state index >= 15 is 0 Å². The molecule has 1 aliphatic rings. The van der Waals surface area contributed by atoms with Gasteiger partial charge >= 0.3 is 0 Å². The fraction of sp³-hybridized carbons (Fsp3) is 0.647. The van der Waals surface area contributed by atoms with Crippen LogP contribution in [0.3, 0.4) is 0 Å². The van der Waals surface area contributed by atoms with Crippen LogP contribution >= 0.6 is 0 Å². The second-order valence-electron chi connectivity index (χ2n) is 6.16. The first kappa shape index (κ1) is 14.5. The lowest BCUT2D eigenvalue weighted by molar-refractivity contribution is 0.132.